The van der Waals surface area contributed by atoms with Crippen molar-refractivity contribution in [1.29, 1.82) is 5.26 Å². The minimum absolute atomic E-state index is 0.0231. The van der Waals surface area contributed by atoms with Crippen LogP contribution >= 0.6 is 0 Å². The van der Waals surface area contributed by atoms with Crippen molar-refractivity contribution in [1.82, 2.24) is 4.31 Å². The number of nitrogens with zero attached hydrogens (tertiary/aromatic N) is 3. The Bertz CT molecular complexity index is 1460. The number of carbonyl (C=O) groups excluding carboxylic acids is 3. The summed E-state index contributed by atoms with van der Waals surface area (Å²) in [6.45, 7) is 1.32. The molecule has 1 atom stereocenters. The molecule has 0 radical (unpaired) electrons. The summed E-state index contributed by atoms with van der Waals surface area (Å²) in [5, 5.41) is 11.6. The first kappa shape index (κ1) is 25.8. The average molecular weight is 517 g/mol. The molecule has 188 valence electrons. The molecule has 9 nitrogen and oxygen atoms in total. The molecule has 1 aliphatic rings. The first-order valence-corrected chi connectivity index (χ1v) is 12.9. The van der Waals surface area contributed by atoms with E-state index in [1.54, 1.807) is 0 Å². The molecule has 0 spiro atoms. The lowest BCUT2D eigenvalue weighted by molar-refractivity contribution is -0.122. The Morgan fingerprint density at radius 1 is 1.03 bits per heavy atom. The van der Waals surface area contributed by atoms with Gasteiger partial charge in [-0.3, -0.25) is 14.4 Å². The molecular weight excluding hydrogens is 492 g/mol. The molecule has 1 aliphatic heterocycles. The molecule has 0 bridgehead atoms. The summed E-state index contributed by atoms with van der Waals surface area (Å²) in [4.78, 5) is 38.6. The predicted molar refractivity (Wildman–Crippen MR) is 137 cm³/mol. The highest BCUT2D eigenvalue weighted by molar-refractivity contribution is 7.89. The van der Waals surface area contributed by atoms with Crippen LogP contribution in [0.5, 0.6) is 0 Å². The van der Waals surface area contributed by atoms with Crippen LogP contribution in [0.2, 0.25) is 0 Å². The SMILES string of the molecule is CC(=O)Nc1ccc(S(=O)(=O)N(CCc2ccccc2)C2CC(=O)N(c3ccc(C#N)cc3)C2=O)cc1. The van der Waals surface area contributed by atoms with Crippen molar-refractivity contribution in [2.24, 2.45) is 0 Å². The Balaban J connectivity index is 1.67. The van der Waals surface area contributed by atoms with Crippen molar-refractivity contribution >= 4 is 39.1 Å². The van der Waals surface area contributed by atoms with Gasteiger partial charge in [0, 0.05) is 19.2 Å². The summed E-state index contributed by atoms with van der Waals surface area (Å²) in [6, 6.07) is 21.6. The van der Waals surface area contributed by atoms with Crippen LogP contribution in [-0.2, 0) is 30.8 Å². The second-order valence-corrected chi connectivity index (χ2v) is 10.4. The molecule has 3 amide bonds. The lowest BCUT2D eigenvalue weighted by Crippen LogP contribution is -2.46. The molecule has 37 heavy (non-hydrogen) atoms. The minimum atomic E-state index is -4.19. The second-order valence-electron chi connectivity index (χ2n) is 8.50. The number of hydrogen-bond acceptors (Lipinski definition) is 6. The Labute approximate surface area is 215 Å². The minimum Gasteiger partial charge on any atom is -0.326 e. The number of sulfonamides is 1. The third kappa shape index (κ3) is 5.58. The van der Waals surface area contributed by atoms with E-state index in [0.29, 0.717) is 17.7 Å². The van der Waals surface area contributed by atoms with Gasteiger partial charge in [-0.2, -0.15) is 9.57 Å². The van der Waals surface area contributed by atoms with E-state index in [1.165, 1.54) is 55.5 Å². The Morgan fingerprint density at radius 2 is 1.68 bits per heavy atom. The van der Waals surface area contributed by atoms with Crippen LogP contribution in [0.3, 0.4) is 0 Å². The summed E-state index contributed by atoms with van der Waals surface area (Å²) in [6.07, 6.45) is 0.0235. The van der Waals surface area contributed by atoms with E-state index in [4.69, 9.17) is 5.26 Å². The summed E-state index contributed by atoms with van der Waals surface area (Å²) >= 11 is 0. The van der Waals surface area contributed by atoms with Gasteiger partial charge in [0.05, 0.1) is 28.6 Å². The third-order valence-corrected chi connectivity index (χ3v) is 7.89. The van der Waals surface area contributed by atoms with Gasteiger partial charge in [-0.05, 0) is 60.5 Å². The number of imide groups is 1. The Kier molecular flexibility index (Phi) is 7.47. The van der Waals surface area contributed by atoms with Crippen molar-refractivity contribution in [2.45, 2.75) is 30.7 Å². The number of anilines is 2. The number of amides is 3. The van der Waals surface area contributed by atoms with Gasteiger partial charge in [0.2, 0.25) is 21.8 Å². The van der Waals surface area contributed by atoms with Crippen LogP contribution in [0.1, 0.15) is 24.5 Å². The quantitative estimate of drug-likeness (QED) is 0.459. The van der Waals surface area contributed by atoms with Crippen LogP contribution in [0.15, 0.2) is 83.8 Å². The van der Waals surface area contributed by atoms with E-state index in [1.807, 2.05) is 36.4 Å². The van der Waals surface area contributed by atoms with E-state index in [2.05, 4.69) is 5.32 Å². The highest BCUT2D eigenvalue weighted by Gasteiger charge is 2.46. The van der Waals surface area contributed by atoms with Crippen molar-refractivity contribution in [3.63, 3.8) is 0 Å². The van der Waals surface area contributed by atoms with Crippen LogP contribution in [-0.4, -0.2) is 43.0 Å². The lowest BCUT2D eigenvalue weighted by atomic mass is 10.1. The molecule has 0 saturated carbocycles. The van der Waals surface area contributed by atoms with Crippen LogP contribution < -0.4 is 10.2 Å². The number of nitriles is 1. The van der Waals surface area contributed by atoms with E-state index < -0.39 is 27.9 Å². The summed E-state index contributed by atoms with van der Waals surface area (Å²) < 4.78 is 28.6. The van der Waals surface area contributed by atoms with Crippen molar-refractivity contribution in [2.75, 3.05) is 16.8 Å². The van der Waals surface area contributed by atoms with Crippen molar-refractivity contribution < 1.29 is 22.8 Å². The molecule has 1 heterocycles. The van der Waals surface area contributed by atoms with E-state index in [-0.39, 0.29) is 29.5 Å². The highest BCUT2D eigenvalue weighted by Crippen LogP contribution is 2.30. The highest BCUT2D eigenvalue weighted by atomic mass is 32.2. The third-order valence-electron chi connectivity index (χ3n) is 5.97. The zero-order chi connectivity index (χ0) is 26.6. The first-order chi connectivity index (χ1) is 17.7. The number of nitrogens with one attached hydrogen (secondary N) is 1. The average Bonchev–Trinajstić information content (AvgIpc) is 3.18. The van der Waals surface area contributed by atoms with Gasteiger partial charge < -0.3 is 5.32 Å². The fourth-order valence-electron chi connectivity index (χ4n) is 4.17. The molecular formula is C27H24N4O5S. The molecule has 1 fully saturated rings. The molecule has 10 heteroatoms. The van der Waals surface area contributed by atoms with E-state index in [9.17, 15) is 22.8 Å². The zero-order valence-electron chi connectivity index (χ0n) is 20.0. The molecule has 0 aromatic heterocycles. The first-order valence-electron chi connectivity index (χ1n) is 11.5. The summed E-state index contributed by atoms with van der Waals surface area (Å²) in [7, 11) is -4.19. The van der Waals surface area contributed by atoms with Crippen LogP contribution in [0, 0.1) is 11.3 Å². The number of rotatable bonds is 8. The van der Waals surface area contributed by atoms with Crippen molar-refractivity contribution in [3.05, 3.63) is 90.0 Å². The largest absolute Gasteiger partial charge is 0.326 e. The van der Waals surface area contributed by atoms with Gasteiger partial charge in [0.25, 0.3) is 5.91 Å². The molecule has 4 rings (SSSR count). The normalized spacial score (nSPS) is 15.6. The smallest absolute Gasteiger partial charge is 0.252 e. The molecule has 1 unspecified atom stereocenters. The Morgan fingerprint density at radius 3 is 2.27 bits per heavy atom. The molecule has 0 aliphatic carbocycles. The number of benzene rings is 3. The summed E-state index contributed by atoms with van der Waals surface area (Å²) in [5.41, 5.74) is 1.96. The lowest BCUT2D eigenvalue weighted by Gasteiger charge is -2.27. The number of hydrogen-bond donors (Lipinski definition) is 1. The maximum absolute atomic E-state index is 13.8. The van der Waals surface area contributed by atoms with Gasteiger partial charge in [-0.15, -0.1) is 0 Å². The molecule has 1 saturated heterocycles. The number of carbonyl (C=O) groups is 3. The second kappa shape index (κ2) is 10.7. The van der Waals surface area contributed by atoms with Gasteiger partial charge in [0.15, 0.2) is 0 Å². The topological polar surface area (TPSA) is 128 Å². The predicted octanol–water partition coefficient (Wildman–Crippen LogP) is 3.08. The van der Waals surface area contributed by atoms with Gasteiger partial charge in [0.1, 0.15) is 6.04 Å². The van der Waals surface area contributed by atoms with E-state index in [0.717, 1.165) is 14.8 Å². The van der Waals surface area contributed by atoms with Gasteiger partial charge in [-0.1, -0.05) is 30.3 Å². The summed E-state index contributed by atoms with van der Waals surface area (Å²) in [5.74, 6) is -1.47. The molecule has 1 N–H and O–H groups in total. The fourth-order valence-corrected chi connectivity index (χ4v) is 5.76. The van der Waals surface area contributed by atoms with Crippen molar-refractivity contribution in [3.8, 4) is 6.07 Å². The monoisotopic (exact) mass is 516 g/mol. The maximum Gasteiger partial charge on any atom is 0.252 e. The molecule has 3 aromatic carbocycles. The standard InChI is InChI=1S/C27H24N4O5S/c1-19(32)29-22-9-13-24(14-10-22)37(35,36)30(16-15-20-5-3-2-4-6-20)25-17-26(33)31(27(25)34)23-11-7-21(18-28)8-12-23/h2-14,25H,15-17H2,1H3,(H,29,32). The van der Waals surface area contributed by atoms with Crippen LogP contribution in [0.25, 0.3) is 0 Å². The fraction of sp³-hybridized carbons (Fsp3) is 0.185. The van der Waals surface area contributed by atoms with Gasteiger partial charge in [-0.25, -0.2) is 13.3 Å². The zero-order valence-corrected chi connectivity index (χ0v) is 20.8. The molecule has 3 aromatic rings. The maximum atomic E-state index is 13.8. The van der Waals surface area contributed by atoms with Crippen LogP contribution in [0.4, 0.5) is 11.4 Å². The van der Waals surface area contributed by atoms with E-state index >= 15 is 0 Å². The Hall–Kier alpha value is -4.33. The van der Waals surface area contributed by atoms with Gasteiger partial charge >= 0.3 is 0 Å².